The minimum absolute atomic E-state index is 0.625. The zero-order chi connectivity index (χ0) is 14.8. The molecule has 0 aliphatic heterocycles. The van der Waals surface area contributed by atoms with Gasteiger partial charge >= 0.3 is 0 Å². The van der Waals surface area contributed by atoms with Gasteiger partial charge in [0.1, 0.15) is 10.8 Å². The highest BCUT2D eigenvalue weighted by molar-refractivity contribution is 7.13. The molecule has 106 valence electrons. The molecule has 3 rings (SSSR count). The number of anilines is 1. The fourth-order valence-electron chi connectivity index (χ4n) is 2.24. The molecule has 4 heteroatoms. The van der Waals surface area contributed by atoms with Crippen molar-refractivity contribution in [2.45, 2.75) is 6.92 Å². The third kappa shape index (κ3) is 2.62. The molecule has 0 atom stereocenters. The number of hydrogen-bond donors (Lipinski definition) is 1. The van der Waals surface area contributed by atoms with Crippen molar-refractivity contribution in [1.29, 1.82) is 0 Å². The molecular formula is C17H16N2OS. The number of rotatable bonds is 3. The van der Waals surface area contributed by atoms with Crippen LogP contribution in [0.4, 0.5) is 5.69 Å². The van der Waals surface area contributed by atoms with Crippen LogP contribution < -0.4 is 10.5 Å². The topological polar surface area (TPSA) is 48.1 Å². The van der Waals surface area contributed by atoms with E-state index in [1.807, 2.05) is 30.3 Å². The number of nitrogens with zero attached hydrogens (tertiary/aromatic N) is 1. The van der Waals surface area contributed by atoms with Gasteiger partial charge in [-0.15, -0.1) is 11.3 Å². The molecular weight excluding hydrogens is 280 g/mol. The van der Waals surface area contributed by atoms with Crippen LogP contribution in [0.5, 0.6) is 5.75 Å². The Kier molecular flexibility index (Phi) is 3.62. The van der Waals surface area contributed by atoms with Crippen molar-refractivity contribution in [1.82, 2.24) is 4.98 Å². The van der Waals surface area contributed by atoms with Crippen molar-refractivity contribution in [3.8, 4) is 27.6 Å². The summed E-state index contributed by atoms with van der Waals surface area (Å²) in [5.41, 5.74) is 10.9. The minimum atomic E-state index is 0.625. The average molecular weight is 296 g/mol. The number of nitrogens with two attached hydrogens (primary N) is 1. The maximum atomic E-state index is 5.96. The largest absolute Gasteiger partial charge is 0.495 e. The first kappa shape index (κ1) is 13.6. The van der Waals surface area contributed by atoms with E-state index >= 15 is 0 Å². The number of ether oxygens (including phenoxy) is 1. The summed E-state index contributed by atoms with van der Waals surface area (Å²) in [6, 6.07) is 14.0. The summed E-state index contributed by atoms with van der Waals surface area (Å²) < 4.78 is 5.18. The van der Waals surface area contributed by atoms with Crippen LogP contribution in [-0.2, 0) is 0 Å². The Labute approximate surface area is 128 Å². The maximum Gasteiger partial charge on any atom is 0.141 e. The lowest BCUT2D eigenvalue weighted by molar-refractivity contribution is 0.417. The molecule has 0 aliphatic rings. The molecule has 3 aromatic rings. The van der Waals surface area contributed by atoms with Crippen LogP contribution in [0.3, 0.4) is 0 Å². The molecule has 0 amide bonds. The average Bonchev–Trinajstić information content (AvgIpc) is 2.97. The molecule has 1 aromatic heterocycles. The van der Waals surface area contributed by atoms with Crippen LogP contribution in [0.1, 0.15) is 5.56 Å². The highest BCUT2D eigenvalue weighted by Crippen LogP contribution is 2.33. The quantitative estimate of drug-likeness (QED) is 0.730. The van der Waals surface area contributed by atoms with Gasteiger partial charge in [0.25, 0.3) is 0 Å². The summed E-state index contributed by atoms with van der Waals surface area (Å²) in [7, 11) is 1.62. The lowest BCUT2D eigenvalue weighted by Gasteiger charge is -2.05. The summed E-state index contributed by atoms with van der Waals surface area (Å²) >= 11 is 1.64. The van der Waals surface area contributed by atoms with Gasteiger partial charge in [0.15, 0.2) is 0 Å². The summed E-state index contributed by atoms with van der Waals surface area (Å²) in [6.07, 6.45) is 0. The highest BCUT2D eigenvalue weighted by Gasteiger charge is 2.09. The third-order valence-electron chi connectivity index (χ3n) is 3.41. The van der Waals surface area contributed by atoms with Gasteiger partial charge in [-0.1, -0.05) is 24.3 Å². The second-order valence-electron chi connectivity index (χ2n) is 4.81. The van der Waals surface area contributed by atoms with E-state index in [-0.39, 0.29) is 0 Å². The van der Waals surface area contributed by atoms with Crippen LogP contribution in [0, 0.1) is 6.92 Å². The number of aromatic nitrogens is 1. The summed E-state index contributed by atoms with van der Waals surface area (Å²) in [4.78, 5) is 4.73. The molecule has 0 spiro atoms. The van der Waals surface area contributed by atoms with Gasteiger partial charge in [-0.3, -0.25) is 0 Å². The van der Waals surface area contributed by atoms with Gasteiger partial charge in [0.2, 0.25) is 0 Å². The first-order valence-corrected chi connectivity index (χ1v) is 7.52. The Morgan fingerprint density at radius 2 is 1.95 bits per heavy atom. The van der Waals surface area contributed by atoms with Crippen molar-refractivity contribution >= 4 is 17.0 Å². The maximum absolute atomic E-state index is 5.96. The number of aryl methyl sites for hydroxylation is 1. The second kappa shape index (κ2) is 5.58. The van der Waals surface area contributed by atoms with Gasteiger partial charge in [-0.25, -0.2) is 4.98 Å². The summed E-state index contributed by atoms with van der Waals surface area (Å²) in [5.74, 6) is 0.688. The van der Waals surface area contributed by atoms with E-state index < -0.39 is 0 Å². The predicted molar refractivity (Wildman–Crippen MR) is 88.7 cm³/mol. The van der Waals surface area contributed by atoms with E-state index in [1.54, 1.807) is 18.4 Å². The molecule has 0 radical (unpaired) electrons. The Bertz CT molecular complexity index is 780. The molecule has 0 aliphatic carbocycles. The number of methoxy groups -OCH3 is 1. The lowest BCUT2D eigenvalue weighted by atomic mass is 10.1. The molecule has 2 aromatic carbocycles. The van der Waals surface area contributed by atoms with Gasteiger partial charge < -0.3 is 10.5 Å². The van der Waals surface area contributed by atoms with E-state index in [2.05, 4.69) is 24.4 Å². The van der Waals surface area contributed by atoms with E-state index in [4.69, 9.17) is 15.5 Å². The van der Waals surface area contributed by atoms with Crippen molar-refractivity contribution in [3.05, 3.63) is 53.4 Å². The predicted octanol–water partition coefficient (Wildman–Crippen LogP) is 4.38. The Morgan fingerprint density at radius 1 is 1.14 bits per heavy atom. The zero-order valence-electron chi connectivity index (χ0n) is 12.0. The van der Waals surface area contributed by atoms with E-state index in [1.165, 1.54) is 11.1 Å². The fourth-order valence-corrected chi connectivity index (χ4v) is 3.16. The molecule has 2 N–H and O–H groups in total. The fraction of sp³-hybridized carbons (Fsp3) is 0.118. The van der Waals surface area contributed by atoms with Gasteiger partial charge in [-0.2, -0.15) is 0 Å². The minimum Gasteiger partial charge on any atom is -0.495 e. The molecule has 0 saturated carbocycles. The van der Waals surface area contributed by atoms with E-state index in [0.717, 1.165) is 16.3 Å². The molecule has 0 fully saturated rings. The van der Waals surface area contributed by atoms with Gasteiger partial charge in [0, 0.05) is 16.5 Å². The number of thiazole rings is 1. The van der Waals surface area contributed by atoms with Crippen LogP contribution in [0.15, 0.2) is 47.8 Å². The van der Waals surface area contributed by atoms with Crippen LogP contribution >= 0.6 is 11.3 Å². The lowest BCUT2D eigenvalue weighted by Crippen LogP contribution is -1.92. The first-order valence-electron chi connectivity index (χ1n) is 6.64. The van der Waals surface area contributed by atoms with Crippen molar-refractivity contribution < 1.29 is 4.74 Å². The molecule has 0 unspecified atom stereocenters. The summed E-state index contributed by atoms with van der Waals surface area (Å²) in [6.45, 7) is 2.10. The van der Waals surface area contributed by atoms with Crippen molar-refractivity contribution in [2.75, 3.05) is 12.8 Å². The molecule has 0 bridgehead atoms. The number of hydrogen-bond acceptors (Lipinski definition) is 4. The molecule has 0 saturated heterocycles. The van der Waals surface area contributed by atoms with Crippen LogP contribution in [0.25, 0.3) is 21.8 Å². The number of benzene rings is 2. The third-order valence-corrected chi connectivity index (χ3v) is 4.28. The number of nitrogen functional groups attached to an aromatic ring is 1. The highest BCUT2D eigenvalue weighted by atomic mass is 32.1. The van der Waals surface area contributed by atoms with E-state index in [0.29, 0.717) is 11.4 Å². The van der Waals surface area contributed by atoms with E-state index in [9.17, 15) is 0 Å². The Balaban J connectivity index is 1.99. The monoisotopic (exact) mass is 296 g/mol. The zero-order valence-corrected chi connectivity index (χ0v) is 12.8. The Hall–Kier alpha value is -2.33. The SMILES string of the molecule is COc1ccc(-c2csc(-c3ccccc3C)n2)cc1N. The molecule has 21 heavy (non-hydrogen) atoms. The second-order valence-corrected chi connectivity index (χ2v) is 5.67. The molecule has 1 heterocycles. The standard InChI is InChI=1S/C17H16N2OS/c1-11-5-3-4-6-13(11)17-19-15(10-21-17)12-7-8-16(20-2)14(18)9-12/h3-10H,18H2,1-2H3. The first-order chi connectivity index (χ1) is 10.2. The van der Waals surface area contributed by atoms with Crippen LogP contribution in [0.2, 0.25) is 0 Å². The Morgan fingerprint density at radius 3 is 2.67 bits per heavy atom. The smallest absolute Gasteiger partial charge is 0.141 e. The summed E-state index contributed by atoms with van der Waals surface area (Å²) in [5, 5.41) is 3.08. The van der Waals surface area contributed by atoms with Gasteiger partial charge in [0.05, 0.1) is 18.5 Å². The van der Waals surface area contributed by atoms with Crippen molar-refractivity contribution in [2.24, 2.45) is 0 Å². The molecule has 3 nitrogen and oxygen atoms in total. The van der Waals surface area contributed by atoms with Crippen LogP contribution in [-0.4, -0.2) is 12.1 Å². The normalized spacial score (nSPS) is 10.6. The van der Waals surface area contributed by atoms with Crippen molar-refractivity contribution in [3.63, 3.8) is 0 Å². The van der Waals surface area contributed by atoms with Gasteiger partial charge in [-0.05, 0) is 30.7 Å².